The molecule has 3 aliphatic heterocycles. The van der Waals surface area contributed by atoms with Crippen LogP contribution in [-0.2, 0) is 22.6 Å². The first-order chi connectivity index (χ1) is 21.8. The highest BCUT2D eigenvalue weighted by Crippen LogP contribution is 2.44. The number of carboxylic acids is 1. The maximum atomic E-state index is 14.4. The van der Waals surface area contributed by atoms with Gasteiger partial charge in [-0.25, -0.2) is 4.98 Å². The van der Waals surface area contributed by atoms with Crippen molar-refractivity contribution in [2.24, 2.45) is 11.8 Å². The van der Waals surface area contributed by atoms with E-state index >= 15 is 0 Å². The Labute approximate surface area is 275 Å². The van der Waals surface area contributed by atoms with E-state index in [4.69, 9.17) is 4.74 Å². The summed E-state index contributed by atoms with van der Waals surface area (Å²) < 4.78 is 7.73. The molecule has 4 atom stereocenters. The Morgan fingerprint density at radius 2 is 1.89 bits per heavy atom. The Hall–Kier alpha value is -3.44. The zero-order chi connectivity index (χ0) is 31.2. The van der Waals surface area contributed by atoms with Gasteiger partial charge in [-0.1, -0.05) is 47.0 Å². The quantitative estimate of drug-likeness (QED) is 0.332. The molecular formula is C34H37BrN4O5S. The van der Waals surface area contributed by atoms with Gasteiger partial charge in [-0.05, 0) is 55.5 Å². The second kappa shape index (κ2) is 12.4. The smallest absolute Gasteiger partial charge is 0.307 e. The number of aryl methyl sites for hydroxylation is 1. The van der Waals surface area contributed by atoms with Gasteiger partial charge >= 0.3 is 5.97 Å². The number of benzene rings is 2. The average Bonchev–Trinajstić information content (AvgIpc) is 3.77. The van der Waals surface area contributed by atoms with Crippen molar-refractivity contribution in [3.05, 3.63) is 74.2 Å². The summed E-state index contributed by atoms with van der Waals surface area (Å²) in [6, 6.07) is 11.2. The lowest BCUT2D eigenvalue weighted by atomic mass is 9.77. The van der Waals surface area contributed by atoms with Crippen LogP contribution in [0.1, 0.15) is 70.1 Å². The largest absolute Gasteiger partial charge is 0.488 e. The lowest BCUT2D eigenvalue weighted by Gasteiger charge is -2.43. The summed E-state index contributed by atoms with van der Waals surface area (Å²) in [5, 5.41) is 11.0. The SMILES string of the molecule is Cc1cnc(N2CC[C@H](Oc3ccc(Br)c4c3[C@@H](CN3Cc5ccccc5C3=O)N(C(=O)[C@@H]3CCCC[C@@H]3C(=O)O)CC4)C2)s1. The first-order valence-corrected chi connectivity index (χ1v) is 17.4. The van der Waals surface area contributed by atoms with Crippen LogP contribution in [0.2, 0.25) is 0 Å². The number of rotatable bonds is 7. The molecule has 2 fully saturated rings. The number of hydrogen-bond donors (Lipinski definition) is 1. The maximum Gasteiger partial charge on any atom is 0.307 e. The summed E-state index contributed by atoms with van der Waals surface area (Å²) in [5.41, 5.74) is 3.66. The molecule has 0 spiro atoms. The fraction of sp³-hybridized carbons (Fsp3) is 0.471. The summed E-state index contributed by atoms with van der Waals surface area (Å²) in [6.07, 6.45) is 6.03. The average molecular weight is 694 g/mol. The predicted molar refractivity (Wildman–Crippen MR) is 175 cm³/mol. The van der Waals surface area contributed by atoms with Gasteiger partial charge in [0.15, 0.2) is 5.13 Å². The summed E-state index contributed by atoms with van der Waals surface area (Å²) in [6.45, 7) is 4.85. The van der Waals surface area contributed by atoms with Crippen molar-refractivity contribution in [3.8, 4) is 5.75 Å². The molecular weight excluding hydrogens is 656 g/mol. The van der Waals surface area contributed by atoms with Crippen LogP contribution in [0, 0.1) is 18.8 Å². The van der Waals surface area contributed by atoms with Crippen LogP contribution in [-0.4, -0.2) is 70.0 Å². The number of carbonyl (C=O) groups excluding carboxylic acids is 2. The molecule has 45 heavy (non-hydrogen) atoms. The van der Waals surface area contributed by atoms with E-state index in [2.05, 4.69) is 32.7 Å². The number of ether oxygens (including phenoxy) is 1. The van der Waals surface area contributed by atoms with Crippen LogP contribution >= 0.6 is 27.3 Å². The Morgan fingerprint density at radius 1 is 1.09 bits per heavy atom. The van der Waals surface area contributed by atoms with Crippen molar-refractivity contribution in [3.63, 3.8) is 0 Å². The van der Waals surface area contributed by atoms with E-state index in [1.54, 1.807) is 11.3 Å². The van der Waals surface area contributed by atoms with Crippen molar-refractivity contribution >= 4 is 50.2 Å². The van der Waals surface area contributed by atoms with Crippen molar-refractivity contribution in [2.75, 3.05) is 31.1 Å². The van der Waals surface area contributed by atoms with Gasteiger partial charge in [0.05, 0.1) is 24.4 Å². The number of fused-ring (bicyclic) bond motifs is 2. The minimum absolute atomic E-state index is 0.0474. The van der Waals surface area contributed by atoms with Gasteiger partial charge in [-0.3, -0.25) is 14.4 Å². The van der Waals surface area contributed by atoms with Crippen LogP contribution in [0.25, 0.3) is 0 Å². The second-order valence-electron chi connectivity index (χ2n) is 12.6. The highest BCUT2D eigenvalue weighted by Gasteiger charge is 2.44. The van der Waals surface area contributed by atoms with E-state index in [1.807, 2.05) is 52.4 Å². The van der Waals surface area contributed by atoms with Gasteiger partial charge in [0.25, 0.3) is 5.91 Å². The van der Waals surface area contributed by atoms with Crippen molar-refractivity contribution in [1.82, 2.24) is 14.8 Å². The standard InChI is InChI=1S/C34H37BrN4O5S/c1-20-16-36-34(45-20)37-14-12-22(18-37)44-29-11-10-27(35)26-13-15-39(32(41)24-8-4-5-9-25(24)33(42)43)28(30(26)29)19-38-17-21-6-2-3-7-23(21)31(38)40/h2-3,6-7,10-11,16,22,24-25,28H,4-5,8-9,12-15,17-19H2,1H3,(H,42,43)/t22-,24+,25-,28+/m0/s1. The third kappa shape index (κ3) is 5.73. The number of amides is 2. The first kappa shape index (κ1) is 30.2. The Balaban J connectivity index is 1.23. The molecule has 1 saturated carbocycles. The number of hydrogen-bond acceptors (Lipinski definition) is 7. The van der Waals surface area contributed by atoms with Gasteiger partial charge in [0.2, 0.25) is 5.91 Å². The van der Waals surface area contributed by atoms with Crippen LogP contribution in [0.15, 0.2) is 47.1 Å². The van der Waals surface area contributed by atoms with E-state index in [9.17, 15) is 19.5 Å². The van der Waals surface area contributed by atoms with E-state index in [0.29, 0.717) is 51.0 Å². The molecule has 1 N–H and O–H groups in total. The first-order valence-electron chi connectivity index (χ1n) is 15.8. The normalized spacial score (nSPS) is 24.5. The monoisotopic (exact) mass is 692 g/mol. The molecule has 1 aliphatic carbocycles. The molecule has 1 saturated heterocycles. The molecule has 0 bridgehead atoms. The summed E-state index contributed by atoms with van der Waals surface area (Å²) in [5.74, 6) is -1.62. The molecule has 2 amide bonds. The van der Waals surface area contributed by atoms with Crippen molar-refractivity contribution < 1.29 is 24.2 Å². The van der Waals surface area contributed by atoms with E-state index in [-0.39, 0.29) is 17.9 Å². The van der Waals surface area contributed by atoms with E-state index in [1.165, 1.54) is 4.88 Å². The molecule has 4 heterocycles. The zero-order valence-electron chi connectivity index (χ0n) is 25.3. The highest BCUT2D eigenvalue weighted by molar-refractivity contribution is 9.10. The number of nitrogens with zero attached hydrogens (tertiary/aromatic N) is 4. The van der Waals surface area contributed by atoms with Gasteiger partial charge in [-0.2, -0.15) is 0 Å². The van der Waals surface area contributed by atoms with Crippen LogP contribution < -0.4 is 9.64 Å². The lowest BCUT2D eigenvalue weighted by molar-refractivity contribution is -0.153. The number of anilines is 1. The fourth-order valence-electron chi connectivity index (χ4n) is 7.61. The highest BCUT2D eigenvalue weighted by atomic mass is 79.9. The van der Waals surface area contributed by atoms with E-state index < -0.39 is 23.8 Å². The van der Waals surface area contributed by atoms with Crippen molar-refractivity contribution in [1.29, 1.82) is 0 Å². The number of halogens is 1. The van der Waals surface area contributed by atoms with Crippen molar-refractivity contribution in [2.45, 2.75) is 64.1 Å². The number of aliphatic carboxylic acids is 1. The minimum atomic E-state index is -0.903. The fourth-order valence-corrected chi connectivity index (χ4v) is 8.95. The van der Waals surface area contributed by atoms with Crippen LogP contribution in [0.5, 0.6) is 5.75 Å². The summed E-state index contributed by atoms with van der Waals surface area (Å²) >= 11 is 5.46. The number of carboxylic acid groups (broad SMARTS) is 1. The Morgan fingerprint density at radius 3 is 2.64 bits per heavy atom. The van der Waals surface area contributed by atoms with Gasteiger partial charge < -0.3 is 24.5 Å². The topological polar surface area (TPSA) is 103 Å². The second-order valence-corrected chi connectivity index (χ2v) is 14.7. The lowest BCUT2D eigenvalue weighted by Crippen LogP contribution is -2.50. The summed E-state index contributed by atoms with van der Waals surface area (Å²) in [4.78, 5) is 51.9. The number of thiazole rings is 1. The van der Waals surface area contributed by atoms with Crippen LogP contribution in [0.3, 0.4) is 0 Å². The third-order valence-electron chi connectivity index (χ3n) is 9.86. The molecule has 9 nitrogen and oxygen atoms in total. The molecule has 236 valence electrons. The molecule has 0 unspecified atom stereocenters. The van der Waals surface area contributed by atoms with Gasteiger partial charge in [-0.15, -0.1) is 11.3 Å². The predicted octanol–water partition coefficient (Wildman–Crippen LogP) is 5.84. The molecule has 11 heteroatoms. The Kier molecular flexibility index (Phi) is 8.33. The van der Waals surface area contributed by atoms with Gasteiger partial charge in [0, 0.05) is 59.3 Å². The molecule has 3 aromatic rings. The molecule has 2 aromatic carbocycles. The number of aromatic nitrogens is 1. The van der Waals surface area contributed by atoms with Gasteiger partial charge in [0.1, 0.15) is 11.9 Å². The molecule has 0 radical (unpaired) electrons. The zero-order valence-corrected chi connectivity index (χ0v) is 27.7. The minimum Gasteiger partial charge on any atom is -0.488 e. The third-order valence-corrected chi connectivity index (χ3v) is 11.6. The summed E-state index contributed by atoms with van der Waals surface area (Å²) in [7, 11) is 0. The van der Waals surface area contributed by atoms with E-state index in [0.717, 1.165) is 57.9 Å². The van der Waals surface area contributed by atoms with Crippen LogP contribution in [0.4, 0.5) is 5.13 Å². The molecule has 1 aromatic heterocycles. The Bertz CT molecular complexity index is 1640. The number of carbonyl (C=O) groups is 3. The molecule has 7 rings (SSSR count). The maximum absolute atomic E-state index is 14.4. The molecule has 4 aliphatic rings.